The number of hydrogen-bond donors (Lipinski definition) is 1. The largest absolute Gasteiger partial charge is 0.314 e. The highest BCUT2D eigenvalue weighted by molar-refractivity contribution is 7.89. The minimum absolute atomic E-state index is 0. The molecule has 1 fully saturated rings. The molecule has 21 heavy (non-hydrogen) atoms. The van der Waals surface area contributed by atoms with Gasteiger partial charge in [0.15, 0.2) is 0 Å². The van der Waals surface area contributed by atoms with Crippen molar-refractivity contribution in [1.29, 1.82) is 0 Å². The second-order valence-corrected chi connectivity index (χ2v) is 7.44. The molecule has 1 aromatic carbocycles. The predicted molar refractivity (Wildman–Crippen MR) is 87.3 cm³/mol. The molecule has 0 bridgehead atoms. The Labute approximate surface area is 133 Å². The van der Waals surface area contributed by atoms with Gasteiger partial charge in [-0.3, -0.25) is 0 Å². The van der Waals surface area contributed by atoms with E-state index in [1.807, 2.05) is 33.2 Å². The molecule has 0 radical (unpaired) electrons. The minimum atomic E-state index is -3.38. The summed E-state index contributed by atoms with van der Waals surface area (Å²) in [6, 6.07) is 7.20. The number of nitrogens with zero attached hydrogens (tertiary/aromatic N) is 2. The lowest BCUT2D eigenvalue weighted by molar-refractivity contribution is 0.284. The molecule has 0 amide bonds. The normalized spacial score (nSPS) is 20.3. The third-order valence-corrected chi connectivity index (χ3v) is 5.50. The van der Waals surface area contributed by atoms with Gasteiger partial charge in [-0.15, -0.1) is 12.4 Å². The van der Waals surface area contributed by atoms with Gasteiger partial charge in [0.2, 0.25) is 10.0 Å². The van der Waals surface area contributed by atoms with Crippen LogP contribution >= 0.6 is 12.4 Å². The Morgan fingerprint density at radius 2 is 1.90 bits per heavy atom. The highest BCUT2D eigenvalue weighted by atomic mass is 35.5. The summed E-state index contributed by atoms with van der Waals surface area (Å²) < 4.78 is 26.8. The smallest absolute Gasteiger partial charge is 0.243 e. The SMILES string of the molecule is C[C@@H]1CNCCN1S(=O)(=O)c1ccc(CN(C)C)cc1.Cl. The first-order valence-electron chi connectivity index (χ1n) is 6.87. The first kappa shape index (κ1) is 18.4. The fraction of sp³-hybridized carbons (Fsp3) is 0.571. The van der Waals surface area contributed by atoms with E-state index >= 15 is 0 Å². The lowest BCUT2D eigenvalue weighted by atomic mass is 10.2. The highest BCUT2D eigenvalue weighted by Gasteiger charge is 2.30. The van der Waals surface area contributed by atoms with Gasteiger partial charge in [0, 0.05) is 32.2 Å². The van der Waals surface area contributed by atoms with Crippen molar-refractivity contribution in [2.45, 2.75) is 24.4 Å². The van der Waals surface area contributed by atoms with Gasteiger partial charge in [-0.05, 0) is 38.7 Å². The molecule has 2 rings (SSSR count). The van der Waals surface area contributed by atoms with Crippen molar-refractivity contribution >= 4 is 22.4 Å². The minimum Gasteiger partial charge on any atom is -0.314 e. The van der Waals surface area contributed by atoms with Gasteiger partial charge in [0.25, 0.3) is 0 Å². The summed E-state index contributed by atoms with van der Waals surface area (Å²) >= 11 is 0. The van der Waals surface area contributed by atoms with Gasteiger partial charge in [-0.2, -0.15) is 4.31 Å². The van der Waals surface area contributed by atoms with E-state index in [4.69, 9.17) is 0 Å². The molecule has 1 aliphatic heterocycles. The van der Waals surface area contributed by atoms with E-state index < -0.39 is 10.0 Å². The molecule has 0 spiro atoms. The Morgan fingerprint density at radius 3 is 2.43 bits per heavy atom. The first-order valence-corrected chi connectivity index (χ1v) is 8.31. The van der Waals surface area contributed by atoms with Crippen LogP contribution in [0.5, 0.6) is 0 Å². The summed E-state index contributed by atoms with van der Waals surface area (Å²) in [5.41, 5.74) is 1.11. The molecule has 1 aliphatic rings. The topological polar surface area (TPSA) is 52.7 Å². The van der Waals surface area contributed by atoms with Gasteiger partial charge in [0.1, 0.15) is 0 Å². The van der Waals surface area contributed by atoms with Crippen LogP contribution in [-0.2, 0) is 16.6 Å². The van der Waals surface area contributed by atoms with Crippen molar-refractivity contribution < 1.29 is 8.42 Å². The van der Waals surface area contributed by atoms with Gasteiger partial charge in [-0.25, -0.2) is 8.42 Å². The lowest BCUT2D eigenvalue weighted by Crippen LogP contribution is -2.52. The number of rotatable bonds is 4. The summed E-state index contributed by atoms with van der Waals surface area (Å²) in [6.45, 7) is 4.69. The average molecular weight is 334 g/mol. The number of benzene rings is 1. The van der Waals surface area contributed by atoms with Crippen molar-refractivity contribution in [3.63, 3.8) is 0 Å². The van der Waals surface area contributed by atoms with Crippen molar-refractivity contribution in [2.75, 3.05) is 33.7 Å². The molecule has 0 saturated carbocycles. The third kappa shape index (κ3) is 4.40. The zero-order valence-electron chi connectivity index (χ0n) is 12.7. The Morgan fingerprint density at radius 1 is 1.29 bits per heavy atom. The van der Waals surface area contributed by atoms with Crippen molar-refractivity contribution in [1.82, 2.24) is 14.5 Å². The Bertz CT molecular complexity index is 546. The maximum absolute atomic E-state index is 12.6. The summed E-state index contributed by atoms with van der Waals surface area (Å²) in [5.74, 6) is 0. The van der Waals surface area contributed by atoms with E-state index in [2.05, 4.69) is 10.2 Å². The van der Waals surface area contributed by atoms with E-state index in [9.17, 15) is 8.42 Å². The molecule has 120 valence electrons. The third-order valence-electron chi connectivity index (χ3n) is 3.47. The maximum Gasteiger partial charge on any atom is 0.243 e. The van der Waals surface area contributed by atoms with Gasteiger partial charge < -0.3 is 10.2 Å². The van der Waals surface area contributed by atoms with Crippen LogP contribution < -0.4 is 5.32 Å². The number of hydrogen-bond acceptors (Lipinski definition) is 4. The fourth-order valence-corrected chi connectivity index (χ4v) is 4.08. The van der Waals surface area contributed by atoms with E-state index in [-0.39, 0.29) is 18.4 Å². The molecule has 0 aromatic heterocycles. The van der Waals surface area contributed by atoms with Crippen LogP contribution in [0.4, 0.5) is 0 Å². The summed E-state index contributed by atoms with van der Waals surface area (Å²) in [6.07, 6.45) is 0. The first-order chi connectivity index (χ1) is 9.41. The average Bonchev–Trinajstić information content (AvgIpc) is 2.39. The summed E-state index contributed by atoms with van der Waals surface area (Å²) in [5, 5.41) is 3.21. The lowest BCUT2D eigenvalue weighted by Gasteiger charge is -2.32. The quantitative estimate of drug-likeness (QED) is 0.898. The Kier molecular flexibility index (Phi) is 6.62. The van der Waals surface area contributed by atoms with E-state index in [1.54, 1.807) is 16.4 Å². The zero-order valence-corrected chi connectivity index (χ0v) is 14.4. The molecule has 1 N–H and O–H groups in total. The molecule has 1 heterocycles. The Balaban J connectivity index is 0.00000220. The second-order valence-electron chi connectivity index (χ2n) is 5.55. The number of nitrogens with one attached hydrogen (secondary N) is 1. The van der Waals surface area contributed by atoms with Crippen LogP contribution in [0.15, 0.2) is 29.2 Å². The molecule has 0 unspecified atom stereocenters. The van der Waals surface area contributed by atoms with Crippen LogP contribution in [0.25, 0.3) is 0 Å². The van der Waals surface area contributed by atoms with E-state index in [1.165, 1.54) is 0 Å². The molecule has 7 heteroatoms. The highest BCUT2D eigenvalue weighted by Crippen LogP contribution is 2.20. The summed E-state index contributed by atoms with van der Waals surface area (Å²) in [4.78, 5) is 2.44. The number of halogens is 1. The van der Waals surface area contributed by atoms with Crippen LogP contribution in [0.2, 0.25) is 0 Å². The zero-order chi connectivity index (χ0) is 14.8. The Hall–Kier alpha value is -0.660. The molecule has 5 nitrogen and oxygen atoms in total. The molecule has 0 aliphatic carbocycles. The monoisotopic (exact) mass is 333 g/mol. The maximum atomic E-state index is 12.6. The van der Waals surface area contributed by atoms with E-state index in [0.29, 0.717) is 24.5 Å². The van der Waals surface area contributed by atoms with E-state index in [0.717, 1.165) is 12.1 Å². The molecular weight excluding hydrogens is 310 g/mol. The second kappa shape index (κ2) is 7.56. The van der Waals surface area contributed by atoms with Crippen molar-refractivity contribution in [2.24, 2.45) is 0 Å². The molecule has 1 aromatic rings. The molecule has 1 atom stereocenters. The fourth-order valence-electron chi connectivity index (χ4n) is 2.45. The van der Waals surface area contributed by atoms with Crippen LogP contribution in [0, 0.1) is 0 Å². The van der Waals surface area contributed by atoms with Crippen LogP contribution in [0.3, 0.4) is 0 Å². The standard InChI is InChI=1S/C14H23N3O2S.ClH/c1-12-10-15-8-9-17(12)20(18,19)14-6-4-13(5-7-14)11-16(2)3;/h4-7,12,15H,8-11H2,1-3H3;1H/t12-;/m1./s1. The van der Waals surface area contributed by atoms with Crippen LogP contribution in [0.1, 0.15) is 12.5 Å². The predicted octanol–water partition coefficient (Wildman–Crippen LogP) is 1.15. The summed E-state index contributed by atoms with van der Waals surface area (Å²) in [7, 11) is 0.610. The van der Waals surface area contributed by atoms with Gasteiger partial charge in [0.05, 0.1) is 4.90 Å². The van der Waals surface area contributed by atoms with Crippen molar-refractivity contribution in [3.8, 4) is 0 Å². The van der Waals surface area contributed by atoms with Gasteiger partial charge in [-0.1, -0.05) is 12.1 Å². The molecular formula is C14H24ClN3O2S. The number of piperazine rings is 1. The van der Waals surface area contributed by atoms with Crippen LogP contribution in [-0.4, -0.2) is 57.4 Å². The number of sulfonamides is 1. The molecule has 1 saturated heterocycles. The van der Waals surface area contributed by atoms with Gasteiger partial charge >= 0.3 is 0 Å². The van der Waals surface area contributed by atoms with Crippen molar-refractivity contribution in [3.05, 3.63) is 29.8 Å².